The Bertz CT molecular complexity index is 353. The summed E-state index contributed by atoms with van der Waals surface area (Å²) in [4.78, 5) is 0. The zero-order valence-corrected chi connectivity index (χ0v) is 10.4. The van der Waals surface area contributed by atoms with Crippen LogP contribution in [0.15, 0.2) is 0 Å². The zero-order chi connectivity index (χ0) is 11.5. The van der Waals surface area contributed by atoms with Crippen LogP contribution in [0, 0.1) is 19.8 Å². The van der Waals surface area contributed by atoms with Gasteiger partial charge in [0.1, 0.15) is 0 Å². The summed E-state index contributed by atoms with van der Waals surface area (Å²) in [5, 5.41) is 7.81. The predicted molar refractivity (Wildman–Crippen MR) is 63.4 cm³/mol. The molecule has 0 radical (unpaired) electrons. The molecule has 0 bridgehead atoms. The lowest BCUT2D eigenvalue weighted by Crippen LogP contribution is -2.14. The van der Waals surface area contributed by atoms with E-state index in [0.29, 0.717) is 5.92 Å². The largest absolute Gasteiger partial charge is 0.381 e. The maximum atomic E-state index is 5.40. The van der Waals surface area contributed by atoms with E-state index >= 15 is 0 Å². The van der Waals surface area contributed by atoms with E-state index in [4.69, 9.17) is 4.74 Å². The molecule has 2 heterocycles. The summed E-state index contributed by atoms with van der Waals surface area (Å²) < 4.78 is 7.54. The quantitative estimate of drug-likeness (QED) is 0.835. The lowest BCUT2D eigenvalue weighted by molar-refractivity contribution is 0.181. The monoisotopic (exact) mass is 223 g/mol. The van der Waals surface area contributed by atoms with Gasteiger partial charge < -0.3 is 10.1 Å². The molecule has 90 valence electrons. The van der Waals surface area contributed by atoms with Crippen molar-refractivity contribution in [2.24, 2.45) is 5.92 Å². The van der Waals surface area contributed by atoms with Crippen molar-refractivity contribution in [1.29, 1.82) is 0 Å². The second-order valence-corrected chi connectivity index (χ2v) is 4.59. The molecule has 2 rings (SSSR count). The first kappa shape index (κ1) is 11.6. The Morgan fingerprint density at radius 3 is 2.94 bits per heavy atom. The number of nitrogens with one attached hydrogen (secondary N) is 1. The fourth-order valence-corrected chi connectivity index (χ4v) is 2.32. The minimum absolute atomic E-state index is 0.639. The van der Waals surface area contributed by atoms with Crippen LogP contribution in [0.2, 0.25) is 0 Å². The van der Waals surface area contributed by atoms with E-state index in [1.54, 1.807) is 0 Å². The van der Waals surface area contributed by atoms with Crippen molar-refractivity contribution in [3.8, 4) is 0 Å². The number of hydrogen-bond donors (Lipinski definition) is 1. The smallest absolute Gasteiger partial charge is 0.0641 e. The van der Waals surface area contributed by atoms with Crippen molar-refractivity contribution < 1.29 is 4.74 Å². The van der Waals surface area contributed by atoms with Crippen LogP contribution in [-0.2, 0) is 17.8 Å². The first-order chi connectivity index (χ1) is 7.72. The minimum Gasteiger partial charge on any atom is -0.381 e. The average molecular weight is 223 g/mol. The van der Waals surface area contributed by atoms with Gasteiger partial charge in [-0.3, -0.25) is 4.68 Å². The maximum Gasteiger partial charge on any atom is 0.0641 e. The molecule has 4 nitrogen and oxygen atoms in total. The number of nitrogens with zero attached hydrogens (tertiary/aromatic N) is 2. The van der Waals surface area contributed by atoms with Crippen LogP contribution in [0.5, 0.6) is 0 Å². The van der Waals surface area contributed by atoms with E-state index < -0.39 is 0 Å². The third kappa shape index (κ3) is 2.28. The Labute approximate surface area is 97.0 Å². The van der Waals surface area contributed by atoms with Crippen molar-refractivity contribution in [2.45, 2.75) is 33.4 Å². The Morgan fingerprint density at radius 1 is 1.50 bits per heavy atom. The molecule has 1 unspecified atom stereocenters. The van der Waals surface area contributed by atoms with Gasteiger partial charge in [-0.2, -0.15) is 5.10 Å². The minimum atomic E-state index is 0.639. The summed E-state index contributed by atoms with van der Waals surface area (Å²) in [6.45, 7) is 7.94. The molecule has 1 N–H and O–H groups in total. The van der Waals surface area contributed by atoms with Gasteiger partial charge in [0.2, 0.25) is 0 Å². The summed E-state index contributed by atoms with van der Waals surface area (Å²) in [7, 11) is 1.97. The normalized spacial score (nSPS) is 20.6. The van der Waals surface area contributed by atoms with Gasteiger partial charge in [-0.15, -0.1) is 0 Å². The molecule has 1 atom stereocenters. The second kappa shape index (κ2) is 4.97. The summed E-state index contributed by atoms with van der Waals surface area (Å²) in [6.07, 6.45) is 1.17. The van der Waals surface area contributed by atoms with Gasteiger partial charge in [-0.25, -0.2) is 0 Å². The highest BCUT2D eigenvalue weighted by molar-refractivity contribution is 5.24. The Hall–Kier alpha value is -0.870. The zero-order valence-electron chi connectivity index (χ0n) is 10.4. The molecule has 1 aromatic rings. The molecule has 0 aliphatic carbocycles. The van der Waals surface area contributed by atoms with Gasteiger partial charge in [-0.1, -0.05) is 0 Å². The highest BCUT2D eigenvalue weighted by Gasteiger charge is 2.19. The average Bonchev–Trinajstić information content (AvgIpc) is 2.84. The van der Waals surface area contributed by atoms with Gasteiger partial charge in [0, 0.05) is 36.9 Å². The molecular formula is C12H21N3O. The van der Waals surface area contributed by atoms with E-state index in [1.807, 2.05) is 7.05 Å². The summed E-state index contributed by atoms with van der Waals surface area (Å²) in [5.74, 6) is 0.639. The summed E-state index contributed by atoms with van der Waals surface area (Å²) >= 11 is 0. The molecule has 1 aliphatic rings. The molecule has 1 aliphatic heterocycles. The fourth-order valence-electron chi connectivity index (χ4n) is 2.32. The highest BCUT2D eigenvalue weighted by atomic mass is 16.5. The molecule has 0 aromatic carbocycles. The van der Waals surface area contributed by atoms with Crippen molar-refractivity contribution >= 4 is 0 Å². The first-order valence-electron chi connectivity index (χ1n) is 5.97. The molecule has 4 heteroatoms. The van der Waals surface area contributed by atoms with Crippen LogP contribution < -0.4 is 5.32 Å². The van der Waals surface area contributed by atoms with Crippen molar-refractivity contribution in [1.82, 2.24) is 15.1 Å². The van der Waals surface area contributed by atoms with Crippen LogP contribution in [-0.4, -0.2) is 30.0 Å². The van der Waals surface area contributed by atoms with Crippen LogP contribution in [0.1, 0.15) is 23.4 Å². The van der Waals surface area contributed by atoms with Crippen LogP contribution in [0.25, 0.3) is 0 Å². The van der Waals surface area contributed by atoms with E-state index in [1.165, 1.54) is 17.7 Å². The van der Waals surface area contributed by atoms with Crippen molar-refractivity contribution in [2.75, 3.05) is 20.3 Å². The molecule has 16 heavy (non-hydrogen) atoms. The molecular weight excluding hydrogens is 202 g/mol. The Kier molecular flexibility index (Phi) is 3.61. The SMILES string of the molecule is CNCc1c(C)nn(CC2CCOC2)c1C. The Morgan fingerprint density at radius 2 is 2.31 bits per heavy atom. The van der Waals surface area contributed by atoms with E-state index in [0.717, 1.165) is 32.0 Å². The predicted octanol–water partition coefficient (Wildman–Crippen LogP) is 1.26. The second-order valence-electron chi connectivity index (χ2n) is 4.59. The van der Waals surface area contributed by atoms with Gasteiger partial charge in [0.15, 0.2) is 0 Å². The van der Waals surface area contributed by atoms with E-state index in [-0.39, 0.29) is 0 Å². The summed E-state index contributed by atoms with van der Waals surface area (Å²) in [6, 6.07) is 0. The van der Waals surface area contributed by atoms with Crippen molar-refractivity contribution in [3.63, 3.8) is 0 Å². The molecule has 0 amide bonds. The standard InChI is InChI=1S/C12H21N3O/c1-9-12(6-13-3)10(2)15(14-9)7-11-4-5-16-8-11/h11,13H,4-8H2,1-3H3. The Balaban J connectivity index is 2.11. The number of aryl methyl sites for hydroxylation is 1. The van der Waals surface area contributed by atoms with Gasteiger partial charge >= 0.3 is 0 Å². The lowest BCUT2D eigenvalue weighted by Gasteiger charge is -2.09. The van der Waals surface area contributed by atoms with Crippen LogP contribution in [0.4, 0.5) is 0 Å². The number of rotatable bonds is 4. The van der Waals surface area contributed by atoms with Crippen molar-refractivity contribution in [3.05, 3.63) is 17.0 Å². The molecule has 1 aromatic heterocycles. The topological polar surface area (TPSA) is 39.1 Å². The van der Waals surface area contributed by atoms with Crippen LogP contribution >= 0.6 is 0 Å². The molecule has 1 fully saturated rings. The highest BCUT2D eigenvalue weighted by Crippen LogP contribution is 2.18. The lowest BCUT2D eigenvalue weighted by atomic mass is 10.1. The van der Waals surface area contributed by atoms with E-state index in [2.05, 4.69) is 28.9 Å². The fraction of sp³-hybridized carbons (Fsp3) is 0.750. The molecule has 1 saturated heterocycles. The van der Waals surface area contributed by atoms with Crippen LogP contribution in [0.3, 0.4) is 0 Å². The van der Waals surface area contributed by atoms with E-state index in [9.17, 15) is 0 Å². The summed E-state index contributed by atoms with van der Waals surface area (Å²) in [5.41, 5.74) is 3.77. The molecule has 0 spiro atoms. The van der Waals surface area contributed by atoms with Gasteiger partial charge in [-0.05, 0) is 27.3 Å². The number of ether oxygens (including phenoxy) is 1. The third-order valence-electron chi connectivity index (χ3n) is 3.34. The first-order valence-corrected chi connectivity index (χ1v) is 5.97. The maximum absolute atomic E-state index is 5.40. The number of hydrogen-bond acceptors (Lipinski definition) is 3. The number of aromatic nitrogens is 2. The van der Waals surface area contributed by atoms with Gasteiger partial charge in [0.05, 0.1) is 12.3 Å². The molecule has 0 saturated carbocycles. The third-order valence-corrected chi connectivity index (χ3v) is 3.34. The van der Waals surface area contributed by atoms with Gasteiger partial charge in [0.25, 0.3) is 0 Å².